The maximum Gasteiger partial charge on any atom is 0.330 e. The number of nitrogens with one attached hydrogen (secondary N) is 1. The molecule has 104 valence electrons. The van der Waals surface area contributed by atoms with Crippen LogP contribution >= 0.6 is 0 Å². The smallest absolute Gasteiger partial charge is 0.277 e. The molecule has 0 aromatic heterocycles. The second-order valence-corrected chi connectivity index (χ2v) is 5.39. The van der Waals surface area contributed by atoms with Gasteiger partial charge < -0.3 is 0 Å². The van der Waals surface area contributed by atoms with Crippen LogP contribution in [0.1, 0.15) is 24.8 Å². The van der Waals surface area contributed by atoms with Crippen LogP contribution in [0.15, 0.2) is 30.3 Å². The number of imide groups is 2. The van der Waals surface area contributed by atoms with Crippen molar-refractivity contribution in [3.63, 3.8) is 0 Å². The summed E-state index contributed by atoms with van der Waals surface area (Å²) < 4.78 is 0. The standard InChI is InChI=1S/C15H16N2O3/c18-12-15(8-4-9-15)13(19)17(14(20)16-12)10-7-11-5-2-1-3-6-11/h1-3,5-6H,4,7-10H2,(H,16,18,20). The van der Waals surface area contributed by atoms with Gasteiger partial charge in [-0.3, -0.25) is 19.8 Å². The molecule has 1 aromatic carbocycles. The summed E-state index contributed by atoms with van der Waals surface area (Å²) in [5.41, 5.74) is 0.0950. The van der Waals surface area contributed by atoms with Gasteiger partial charge in [-0.1, -0.05) is 36.8 Å². The van der Waals surface area contributed by atoms with Gasteiger partial charge in [-0.2, -0.15) is 0 Å². The summed E-state index contributed by atoms with van der Waals surface area (Å²) in [6, 6.07) is 9.08. The van der Waals surface area contributed by atoms with Gasteiger partial charge >= 0.3 is 6.03 Å². The van der Waals surface area contributed by atoms with Gasteiger partial charge in [0, 0.05) is 6.54 Å². The maximum atomic E-state index is 12.4. The van der Waals surface area contributed by atoms with E-state index in [0.29, 0.717) is 25.8 Å². The summed E-state index contributed by atoms with van der Waals surface area (Å²) in [6.45, 7) is 0.309. The monoisotopic (exact) mass is 272 g/mol. The van der Waals surface area contributed by atoms with Gasteiger partial charge in [0.1, 0.15) is 5.41 Å². The van der Waals surface area contributed by atoms with Crippen LogP contribution in [0.4, 0.5) is 4.79 Å². The van der Waals surface area contributed by atoms with Crippen molar-refractivity contribution in [3.8, 4) is 0 Å². The Balaban J connectivity index is 1.73. The van der Waals surface area contributed by atoms with E-state index in [2.05, 4.69) is 5.32 Å². The first-order valence-electron chi connectivity index (χ1n) is 6.85. The molecule has 0 bridgehead atoms. The first-order valence-corrected chi connectivity index (χ1v) is 6.85. The third-order valence-corrected chi connectivity index (χ3v) is 4.23. The van der Waals surface area contributed by atoms with E-state index in [-0.39, 0.29) is 5.91 Å². The van der Waals surface area contributed by atoms with Gasteiger partial charge in [0.15, 0.2) is 0 Å². The first kappa shape index (κ1) is 12.8. The Bertz CT molecular complexity index is 564. The molecule has 2 aliphatic rings. The highest BCUT2D eigenvalue weighted by atomic mass is 16.2. The van der Waals surface area contributed by atoms with Gasteiger partial charge in [-0.25, -0.2) is 4.79 Å². The minimum Gasteiger partial charge on any atom is -0.277 e. The van der Waals surface area contributed by atoms with E-state index in [1.807, 2.05) is 30.3 Å². The van der Waals surface area contributed by atoms with E-state index >= 15 is 0 Å². The number of hydrogen-bond acceptors (Lipinski definition) is 3. The van der Waals surface area contributed by atoms with Crippen molar-refractivity contribution < 1.29 is 14.4 Å². The molecule has 0 radical (unpaired) electrons. The molecule has 1 saturated carbocycles. The number of hydrogen-bond donors (Lipinski definition) is 1. The molecule has 20 heavy (non-hydrogen) atoms. The van der Waals surface area contributed by atoms with E-state index in [0.717, 1.165) is 12.0 Å². The third-order valence-electron chi connectivity index (χ3n) is 4.23. The van der Waals surface area contributed by atoms with Crippen LogP contribution < -0.4 is 5.32 Å². The number of amides is 4. The molecule has 5 nitrogen and oxygen atoms in total. The number of nitrogens with zero attached hydrogens (tertiary/aromatic N) is 1. The Morgan fingerprint density at radius 2 is 1.80 bits per heavy atom. The van der Waals surface area contributed by atoms with Crippen LogP contribution in [0.3, 0.4) is 0 Å². The molecule has 1 spiro atoms. The van der Waals surface area contributed by atoms with Crippen LogP contribution in [-0.4, -0.2) is 29.3 Å². The van der Waals surface area contributed by atoms with Gasteiger partial charge in [0.05, 0.1) is 0 Å². The second kappa shape index (κ2) is 4.74. The highest BCUT2D eigenvalue weighted by Crippen LogP contribution is 2.44. The van der Waals surface area contributed by atoms with Crippen molar-refractivity contribution in [2.45, 2.75) is 25.7 Å². The lowest BCUT2D eigenvalue weighted by Gasteiger charge is -2.44. The summed E-state index contributed by atoms with van der Waals surface area (Å²) in [4.78, 5) is 37.3. The zero-order chi connectivity index (χ0) is 14.2. The fraction of sp³-hybridized carbons (Fsp3) is 0.400. The van der Waals surface area contributed by atoms with Crippen molar-refractivity contribution in [2.75, 3.05) is 6.54 Å². The van der Waals surface area contributed by atoms with Gasteiger partial charge in [0.2, 0.25) is 11.8 Å². The molecular formula is C15H16N2O3. The summed E-state index contributed by atoms with van der Waals surface area (Å²) in [5, 5.41) is 2.32. The highest BCUT2D eigenvalue weighted by molar-refractivity contribution is 6.19. The summed E-state index contributed by atoms with van der Waals surface area (Å²) in [6.07, 6.45) is 2.56. The molecule has 2 fully saturated rings. The van der Waals surface area contributed by atoms with Crippen molar-refractivity contribution in [2.24, 2.45) is 5.41 Å². The van der Waals surface area contributed by atoms with E-state index in [1.165, 1.54) is 4.90 Å². The average molecular weight is 272 g/mol. The molecule has 0 atom stereocenters. The predicted octanol–water partition coefficient (Wildman–Crippen LogP) is 1.48. The van der Waals surface area contributed by atoms with E-state index in [9.17, 15) is 14.4 Å². The van der Waals surface area contributed by atoms with Gasteiger partial charge in [-0.15, -0.1) is 0 Å². The molecule has 3 rings (SSSR count). The number of barbiturate groups is 1. The Morgan fingerprint density at radius 3 is 2.40 bits per heavy atom. The zero-order valence-electron chi connectivity index (χ0n) is 11.1. The molecule has 4 amide bonds. The Morgan fingerprint density at radius 1 is 1.10 bits per heavy atom. The average Bonchev–Trinajstić information content (AvgIpc) is 2.37. The number of carbonyl (C=O) groups is 3. The largest absolute Gasteiger partial charge is 0.330 e. The highest BCUT2D eigenvalue weighted by Gasteiger charge is 2.57. The molecule has 1 N–H and O–H groups in total. The van der Waals surface area contributed by atoms with Crippen LogP contribution in [0.5, 0.6) is 0 Å². The third kappa shape index (κ3) is 1.90. The Labute approximate surface area is 116 Å². The van der Waals surface area contributed by atoms with Crippen LogP contribution in [-0.2, 0) is 16.0 Å². The zero-order valence-corrected chi connectivity index (χ0v) is 11.1. The van der Waals surface area contributed by atoms with Crippen LogP contribution in [0.25, 0.3) is 0 Å². The molecule has 0 unspecified atom stereocenters. The van der Waals surface area contributed by atoms with E-state index in [4.69, 9.17) is 0 Å². The first-order chi connectivity index (χ1) is 9.63. The summed E-state index contributed by atoms with van der Waals surface area (Å²) in [7, 11) is 0. The van der Waals surface area contributed by atoms with E-state index < -0.39 is 17.4 Å². The van der Waals surface area contributed by atoms with Gasteiger partial charge in [-0.05, 0) is 24.8 Å². The van der Waals surface area contributed by atoms with Gasteiger partial charge in [0.25, 0.3) is 0 Å². The second-order valence-electron chi connectivity index (χ2n) is 5.39. The molecule has 5 heteroatoms. The molecular weight excluding hydrogens is 256 g/mol. The topological polar surface area (TPSA) is 66.5 Å². The predicted molar refractivity (Wildman–Crippen MR) is 71.7 cm³/mol. The lowest BCUT2D eigenvalue weighted by Crippen LogP contribution is -2.66. The number of urea groups is 1. The molecule has 1 saturated heterocycles. The maximum absolute atomic E-state index is 12.4. The minimum atomic E-state index is -0.968. The number of rotatable bonds is 3. The molecule has 1 aromatic rings. The van der Waals surface area contributed by atoms with Crippen molar-refractivity contribution in [3.05, 3.63) is 35.9 Å². The Hall–Kier alpha value is -2.17. The quantitative estimate of drug-likeness (QED) is 0.847. The van der Waals surface area contributed by atoms with E-state index in [1.54, 1.807) is 0 Å². The minimum absolute atomic E-state index is 0.309. The number of carbonyl (C=O) groups excluding carboxylic acids is 3. The van der Waals surface area contributed by atoms with Crippen molar-refractivity contribution in [1.29, 1.82) is 0 Å². The lowest BCUT2D eigenvalue weighted by molar-refractivity contribution is -0.157. The van der Waals surface area contributed by atoms with Crippen molar-refractivity contribution in [1.82, 2.24) is 10.2 Å². The Kier molecular flexibility index (Phi) is 3.04. The van der Waals surface area contributed by atoms with Crippen LogP contribution in [0.2, 0.25) is 0 Å². The fourth-order valence-electron chi connectivity index (χ4n) is 2.79. The lowest BCUT2D eigenvalue weighted by atomic mass is 9.66. The molecule has 1 aliphatic carbocycles. The summed E-state index contributed by atoms with van der Waals surface area (Å²) >= 11 is 0. The SMILES string of the molecule is O=C1NC(=O)C2(CCC2)C(=O)N1CCc1ccccc1. The van der Waals surface area contributed by atoms with Crippen molar-refractivity contribution >= 4 is 17.8 Å². The molecule has 1 aliphatic heterocycles. The molecule has 1 heterocycles. The summed E-state index contributed by atoms with van der Waals surface area (Å²) in [5.74, 6) is -0.747. The normalized spacial score (nSPS) is 20.8. The number of benzene rings is 1. The fourth-order valence-corrected chi connectivity index (χ4v) is 2.79. The van der Waals surface area contributed by atoms with Crippen LogP contribution in [0, 0.1) is 5.41 Å².